The van der Waals surface area contributed by atoms with Gasteiger partial charge >= 0.3 is 0 Å². The fraction of sp³-hybridized carbons (Fsp3) is 0.267. The van der Waals surface area contributed by atoms with Crippen LogP contribution in [0.2, 0.25) is 0 Å². The molecule has 0 N–H and O–H groups in total. The maximum Gasteiger partial charge on any atom is 0.195 e. The lowest BCUT2D eigenvalue weighted by molar-refractivity contribution is 0.560. The first-order valence-corrected chi connectivity index (χ1v) is 5.93. The second kappa shape index (κ2) is 3.48. The first-order valence-electron chi connectivity index (χ1n) is 5.93. The summed E-state index contributed by atoms with van der Waals surface area (Å²) in [7, 11) is 0. The van der Waals surface area contributed by atoms with Crippen LogP contribution in [0.25, 0.3) is 21.9 Å². The van der Waals surface area contributed by atoms with E-state index in [0.29, 0.717) is 22.3 Å². The van der Waals surface area contributed by atoms with Crippen molar-refractivity contribution in [3.63, 3.8) is 0 Å². The van der Waals surface area contributed by atoms with Crippen LogP contribution in [-0.4, -0.2) is 0 Å². The first kappa shape index (κ1) is 11.1. The Bertz CT molecular complexity index is 834. The van der Waals surface area contributed by atoms with E-state index in [1.807, 2.05) is 32.9 Å². The molecule has 0 amide bonds. The van der Waals surface area contributed by atoms with E-state index in [1.54, 1.807) is 6.92 Å². The van der Waals surface area contributed by atoms with Gasteiger partial charge in [-0.2, -0.15) is 0 Å². The normalized spacial score (nSPS) is 11.6. The molecule has 0 aliphatic heterocycles. The molecule has 0 atom stereocenters. The van der Waals surface area contributed by atoms with Crippen LogP contribution in [0.15, 0.2) is 25.8 Å². The largest absolute Gasteiger partial charge is 0.461 e. The number of aryl methyl sites for hydroxylation is 3. The highest BCUT2D eigenvalue weighted by Crippen LogP contribution is 2.30. The Kier molecular flexibility index (Phi) is 2.14. The monoisotopic (exact) mass is 242 g/mol. The number of furan rings is 1. The third-order valence-electron chi connectivity index (χ3n) is 3.43. The summed E-state index contributed by atoms with van der Waals surface area (Å²) in [6, 6.07) is 3.77. The van der Waals surface area contributed by atoms with E-state index in [9.17, 15) is 4.79 Å². The molecular formula is C15H14O3. The molecule has 3 aromatic rings. The van der Waals surface area contributed by atoms with Crippen molar-refractivity contribution in [2.75, 3.05) is 0 Å². The molecule has 0 radical (unpaired) electrons. The van der Waals surface area contributed by atoms with Crippen LogP contribution in [0.4, 0.5) is 0 Å². The van der Waals surface area contributed by atoms with Gasteiger partial charge in [0.05, 0.1) is 10.8 Å². The summed E-state index contributed by atoms with van der Waals surface area (Å²) in [4.78, 5) is 12.3. The standard InChI is InChI=1S/C15H14O3/c1-7-5-11-13(16)9(3)10(4)18-15(11)12-6-8(2)17-14(7)12/h5-6H,1-4H3. The summed E-state index contributed by atoms with van der Waals surface area (Å²) in [6.07, 6.45) is 0. The molecule has 2 aromatic heterocycles. The lowest BCUT2D eigenvalue weighted by Gasteiger charge is -2.04. The van der Waals surface area contributed by atoms with Crippen molar-refractivity contribution in [2.45, 2.75) is 27.7 Å². The average Bonchev–Trinajstić information content (AvgIpc) is 2.71. The van der Waals surface area contributed by atoms with Crippen LogP contribution in [0.1, 0.15) is 22.6 Å². The number of fused-ring (bicyclic) bond motifs is 3. The van der Waals surface area contributed by atoms with Gasteiger partial charge < -0.3 is 8.83 Å². The predicted molar refractivity (Wildman–Crippen MR) is 71.2 cm³/mol. The highest BCUT2D eigenvalue weighted by Gasteiger charge is 2.15. The summed E-state index contributed by atoms with van der Waals surface area (Å²) in [6.45, 7) is 7.44. The summed E-state index contributed by atoms with van der Waals surface area (Å²) < 4.78 is 11.4. The van der Waals surface area contributed by atoms with Gasteiger partial charge in [0.1, 0.15) is 22.7 Å². The Morgan fingerprint density at radius 2 is 1.61 bits per heavy atom. The number of hydrogen-bond donors (Lipinski definition) is 0. The molecular weight excluding hydrogens is 228 g/mol. The van der Waals surface area contributed by atoms with Gasteiger partial charge in [0.15, 0.2) is 5.43 Å². The number of hydrogen-bond acceptors (Lipinski definition) is 3. The second-order valence-corrected chi connectivity index (χ2v) is 4.78. The molecule has 0 bridgehead atoms. The minimum atomic E-state index is 0.0394. The van der Waals surface area contributed by atoms with Gasteiger partial charge in [-0.25, -0.2) is 0 Å². The highest BCUT2D eigenvalue weighted by atomic mass is 16.3. The Hall–Kier alpha value is -2.03. The molecule has 1 aromatic carbocycles. The smallest absolute Gasteiger partial charge is 0.195 e. The highest BCUT2D eigenvalue weighted by molar-refractivity contribution is 6.03. The van der Waals surface area contributed by atoms with Crippen LogP contribution in [-0.2, 0) is 0 Å². The number of benzene rings is 1. The van der Waals surface area contributed by atoms with Crippen LogP contribution in [0, 0.1) is 27.7 Å². The molecule has 3 heteroatoms. The van der Waals surface area contributed by atoms with Gasteiger partial charge in [-0.3, -0.25) is 4.79 Å². The second-order valence-electron chi connectivity index (χ2n) is 4.78. The van der Waals surface area contributed by atoms with Gasteiger partial charge in [-0.1, -0.05) is 0 Å². The van der Waals surface area contributed by atoms with Crippen LogP contribution in [0.3, 0.4) is 0 Å². The average molecular weight is 242 g/mol. The molecule has 0 unspecified atom stereocenters. The van der Waals surface area contributed by atoms with Crippen molar-refractivity contribution >= 4 is 21.9 Å². The maximum absolute atomic E-state index is 12.3. The molecule has 0 aliphatic carbocycles. The van der Waals surface area contributed by atoms with Gasteiger partial charge in [-0.05, 0) is 45.4 Å². The Morgan fingerprint density at radius 1 is 0.889 bits per heavy atom. The van der Waals surface area contributed by atoms with Gasteiger partial charge in [0.2, 0.25) is 0 Å². The van der Waals surface area contributed by atoms with E-state index in [0.717, 1.165) is 22.3 Å². The van der Waals surface area contributed by atoms with Gasteiger partial charge in [0.25, 0.3) is 0 Å². The fourth-order valence-corrected chi connectivity index (χ4v) is 2.34. The molecule has 0 fully saturated rings. The Labute approximate surface area is 104 Å². The molecule has 0 spiro atoms. The van der Waals surface area contributed by atoms with Crippen LogP contribution in [0.5, 0.6) is 0 Å². The first-order chi connectivity index (χ1) is 8.49. The third kappa shape index (κ3) is 1.33. The zero-order chi connectivity index (χ0) is 13.0. The molecule has 0 saturated heterocycles. The van der Waals surface area contributed by atoms with E-state index < -0.39 is 0 Å². The van der Waals surface area contributed by atoms with E-state index in [4.69, 9.17) is 8.83 Å². The van der Waals surface area contributed by atoms with E-state index in [1.165, 1.54) is 0 Å². The third-order valence-corrected chi connectivity index (χ3v) is 3.43. The summed E-state index contributed by atoms with van der Waals surface area (Å²) in [5.74, 6) is 1.48. The molecule has 18 heavy (non-hydrogen) atoms. The Balaban J connectivity index is 2.67. The van der Waals surface area contributed by atoms with Crippen molar-refractivity contribution in [3.8, 4) is 0 Å². The molecule has 0 saturated carbocycles. The SMILES string of the molecule is Cc1cc2c(o1)c(C)cc1c(=O)c(C)c(C)oc12. The lowest BCUT2D eigenvalue weighted by atomic mass is 10.1. The van der Waals surface area contributed by atoms with Crippen molar-refractivity contribution in [1.29, 1.82) is 0 Å². The quantitative estimate of drug-likeness (QED) is 0.602. The van der Waals surface area contributed by atoms with Crippen LogP contribution >= 0.6 is 0 Å². The summed E-state index contributed by atoms with van der Waals surface area (Å²) in [5.41, 5.74) is 3.09. The van der Waals surface area contributed by atoms with Crippen LogP contribution < -0.4 is 5.43 Å². The summed E-state index contributed by atoms with van der Waals surface area (Å²) in [5, 5.41) is 1.51. The van der Waals surface area contributed by atoms with E-state index in [2.05, 4.69) is 0 Å². The maximum atomic E-state index is 12.3. The lowest BCUT2D eigenvalue weighted by Crippen LogP contribution is -2.07. The van der Waals surface area contributed by atoms with E-state index >= 15 is 0 Å². The molecule has 3 rings (SSSR count). The van der Waals surface area contributed by atoms with Crippen molar-refractivity contribution in [1.82, 2.24) is 0 Å². The zero-order valence-electron chi connectivity index (χ0n) is 10.9. The zero-order valence-corrected chi connectivity index (χ0v) is 10.9. The van der Waals surface area contributed by atoms with Crippen molar-refractivity contribution in [3.05, 3.63) is 45.0 Å². The van der Waals surface area contributed by atoms with E-state index in [-0.39, 0.29) is 5.43 Å². The topological polar surface area (TPSA) is 43.4 Å². The minimum Gasteiger partial charge on any atom is -0.461 e. The summed E-state index contributed by atoms with van der Waals surface area (Å²) >= 11 is 0. The fourth-order valence-electron chi connectivity index (χ4n) is 2.34. The predicted octanol–water partition coefficient (Wildman–Crippen LogP) is 3.77. The molecule has 2 heterocycles. The van der Waals surface area contributed by atoms with Crippen molar-refractivity contribution < 1.29 is 8.83 Å². The molecule has 92 valence electrons. The van der Waals surface area contributed by atoms with Crippen molar-refractivity contribution in [2.24, 2.45) is 0 Å². The Morgan fingerprint density at radius 3 is 2.33 bits per heavy atom. The van der Waals surface area contributed by atoms with Gasteiger partial charge in [0, 0.05) is 5.56 Å². The van der Waals surface area contributed by atoms with Gasteiger partial charge in [-0.15, -0.1) is 0 Å². The molecule has 0 aliphatic rings. The molecule has 3 nitrogen and oxygen atoms in total. The number of rotatable bonds is 0. The minimum absolute atomic E-state index is 0.0394.